The molecule has 19 heavy (non-hydrogen) atoms. The number of aryl methyl sites for hydroxylation is 1. The molecule has 2 rings (SSSR count). The van der Waals surface area contributed by atoms with E-state index in [0.29, 0.717) is 6.04 Å². The van der Waals surface area contributed by atoms with Gasteiger partial charge >= 0.3 is 0 Å². The Hall–Kier alpha value is -1.16. The Morgan fingerprint density at radius 2 is 2.00 bits per heavy atom. The molecule has 0 spiro atoms. The number of ether oxygens (including phenoxy) is 1. The van der Waals surface area contributed by atoms with Crippen molar-refractivity contribution in [3.05, 3.63) is 58.3 Å². The fraction of sp³-hybridized carbons (Fsp3) is 0.375. The predicted molar refractivity (Wildman–Crippen MR) is 81.7 cm³/mol. The third kappa shape index (κ3) is 3.90. The maximum absolute atomic E-state index is 5.70. The van der Waals surface area contributed by atoms with E-state index in [-0.39, 0.29) is 6.10 Å². The minimum atomic E-state index is 0.102. The molecule has 102 valence electrons. The van der Waals surface area contributed by atoms with E-state index < -0.39 is 0 Å². The van der Waals surface area contributed by atoms with Gasteiger partial charge in [-0.25, -0.2) is 0 Å². The molecule has 1 aromatic heterocycles. The first-order chi connectivity index (χ1) is 9.35. The van der Waals surface area contributed by atoms with Gasteiger partial charge in [-0.1, -0.05) is 30.3 Å². The maximum Gasteiger partial charge on any atom is 0.0974 e. The normalized spacial score (nSPS) is 14.2. The van der Waals surface area contributed by atoms with E-state index in [1.54, 1.807) is 18.4 Å². The molecule has 1 N–H and O–H groups in total. The summed E-state index contributed by atoms with van der Waals surface area (Å²) in [6.07, 6.45) is 2.26. The number of benzene rings is 1. The smallest absolute Gasteiger partial charge is 0.0974 e. The number of hydrogen-bond donors (Lipinski definition) is 1. The van der Waals surface area contributed by atoms with Crippen molar-refractivity contribution in [2.24, 2.45) is 0 Å². The standard InChI is InChI=1S/C16H21NOS/c1-17-15(9-8-13-10-11-19-12-13)16(18-2)14-6-4-3-5-7-14/h3-7,10-12,15-17H,8-9H2,1-2H3. The average Bonchev–Trinajstić information content (AvgIpc) is 2.97. The molecule has 0 bridgehead atoms. The van der Waals surface area contributed by atoms with E-state index >= 15 is 0 Å². The summed E-state index contributed by atoms with van der Waals surface area (Å²) in [5.74, 6) is 0. The van der Waals surface area contributed by atoms with Crippen molar-refractivity contribution in [2.45, 2.75) is 25.0 Å². The van der Waals surface area contributed by atoms with Gasteiger partial charge in [0.25, 0.3) is 0 Å². The third-order valence-corrected chi connectivity index (χ3v) is 4.17. The molecule has 0 aliphatic rings. The first-order valence-corrected chi connectivity index (χ1v) is 7.55. The quantitative estimate of drug-likeness (QED) is 0.832. The van der Waals surface area contributed by atoms with E-state index in [1.807, 2.05) is 13.1 Å². The molecule has 0 saturated carbocycles. The molecule has 0 amide bonds. The van der Waals surface area contributed by atoms with Crippen molar-refractivity contribution in [1.29, 1.82) is 0 Å². The minimum absolute atomic E-state index is 0.102. The molecule has 0 saturated heterocycles. The lowest BCUT2D eigenvalue weighted by molar-refractivity contribution is 0.0676. The summed E-state index contributed by atoms with van der Waals surface area (Å²) >= 11 is 1.76. The topological polar surface area (TPSA) is 21.3 Å². The first-order valence-electron chi connectivity index (χ1n) is 6.61. The van der Waals surface area contributed by atoms with Crippen molar-refractivity contribution >= 4 is 11.3 Å². The number of thiophene rings is 1. The minimum Gasteiger partial charge on any atom is -0.375 e. The Morgan fingerprint density at radius 3 is 2.58 bits per heavy atom. The Balaban J connectivity index is 2.02. The highest BCUT2D eigenvalue weighted by Crippen LogP contribution is 2.23. The van der Waals surface area contributed by atoms with E-state index in [9.17, 15) is 0 Å². The summed E-state index contributed by atoms with van der Waals surface area (Å²) in [7, 11) is 3.79. The molecule has 0 fully saturated rings. The number of methoxy groups -OCH3 is 1. The van der Waals surface area contributed by atoms with Gasteiger partial charge in [0.2, 0.25) is 0 Å². The summed E-state index contributed by atoms with van der Waals surface area (Å²) in [6.45, 7) is 0. The van der Waals surface area contributed by atoms with Gasteiger partial charge in [0.05, 0.1) is 6.10 Å². The van der Waals surface area contributed by atoms with Crippen LogP contribution in [0.2, 0.25) is 0 Å². The zero-order valence-corrected chi connectivity index (χ0v) is 12.3. The van der Waals surface area contributed by atoms with Crippen LogP contribution >= 0.6 is 11.3 Å². The van der Waals surface area contributed by atoms with Crippen LogP contribution in [0.4, 0.5) is 0 Å². The fourth-order valence-corrected chi connectivity index (χ4v) is 3.08. The largest absolute Gasteiger partial charge is 0.375 e. The number of nitrogens with one attached hydrogen (secondary N) is 1. The van der Waals surface area contributed by atoms with Gasteiger partial charge in [-0.2, -0.15) is 11.3 Å². The van der Waals surface area contributed by atoms with Crippen LogP contribution in [0.25, 0.3) is 0 Å². The van der Waals surface area contributed by atoms with Gasteiger partial charge in [0.15, 0.2) is 0 Å². The van der Waals surface area contributed by atoms with Crippen molar-refractivity contribution in [3.8, 4) is 0 Å². The van der Waals surface area contributed by atoms with Crippen LogP contribution in [-0.4, -0.2) is 20.2 Å². The average molecular weight is 275 g/mol. The molecule has 1 heterocycles. The summed E-state index contributed by atoms with van der Waals surface area (Å²) < 4.78 is 5.70. The lowest BCUT2D eigenvalue weighted by Crippen LogP contribution is -2.33. The highest BCUT2D eigenvalue weighted by molar-refractivity contribution is 7.07. The summed E-state index contributed by atoms with van der Waals surface area (Å²) in [5.41, 5.74) is 2.64. The zero-order valence-electron chi connectivity index (χ0n) is 11.5. The second-order valence-electron chi connectivity index (χ2n) is 4.63. The number of hydrogen-bond acceptors (Lipinski definition) is 3. The monoisotopic (exact) mass is 275 g/mol. The second-order valence-corrected chi connectivity index (χ2v) is 5.41. The van der Waals surface area contributed by atoms with Crippen molar-refractivity contribution < 1.29 is 4.74 Å². The predicted octanol–water partition coefficient (Wildman–Crippen LogP) is 3.66. The van der Waals surface area contributed by atoms with E-state index in [2.05, 4.69) is 46.4 Å². The molecular weight excluding hydrogens is 254 g/mol. The van der Waals surface area contributed by atoms with Gasteiger partial charge in [-0.15, -0.1) is 0 Å². The molecule has 2 aromatic rings. The van der Waals surface area contributed by atoms with Gasteiger partial charge < -0.3 is 10.1 Å². The summed E-state index contributed by atoms with van der Waals surface area (Å²) in [6, 6.07) is 12.9. The fourth-order valence-electron chi connectivity index (χ4n) is 2.38. The Bertz CT molecular complexity index is 455. The number of likely N-dealkylation sites (N-methyl/N-ethyl adjacent to an activating group) is 1. The Morgan fingerprint density at radius 1 is 1.21 bits per heavy atom. The van der Waals surface area contributed by atoms with Crippen molar-refractivity contribution in [1.82, 2.24) is 5.32 Å². The number of rotatable bonds is 7. The van der Waals surface area contributed by atoms with Gasteiger partial charge in [-0.3, -0.25) is 0 Å². The summed E-state index contributed by atoms with van der Waals surface area (Å²) in [4.78, 5) is 0. The van der Waals surface area contributed by atoms with E-state index in [1.165, 1.54) is 11.1 Å². The molecular formula is C16H21NOS. The van der Waals surface area contributed by atoms with Crippen LogP contribution in [0.1, 0.15) is 23.7 Å². The first kappa shape index (κ1) is 14.3. The lowest BCUT2D eigenvalue weighted by atomic mass is 9.97. The molecule has 0 aliphatic carbocycles. The van der Waals surface area contributed by atoms with Crippen LogP contribution in [-0.2, 0) is 11.2 Å². The molecule has 2 unspecified atom stereocenters. The molecule has 2 nitrogen and oxygen atoms in total. The lowest BCUT2D eigenvalue weighted by Gasteiger charge is -2.26. The van der Waals surface area contributed by atoms with E-state index in [0.717, 1.165) is 12.8 Å². The molecule has 0 aliphatic heterocycles. The van der Waals surface area contributed by atoms with Crippen molar-refractivity contribution in [3.63, 3.8) is 0 Å². The molecule has 0 radical (unpaired) electrons. The Kier molecular flexibility index (Phi) is 5.58. The van der Waals surface area contributed by atoms with Crippen molar-refractivity contribution in [2.75, 3.05) is 14.2 Å². The Labute approximate surface area is 119 Å². The molecule has 3 heteroatoms. The van der Waals surface area contributed by atoms with Crippen LogP contribution < -0.4 is 5.32 Å². The van der Waals surface area contributed by atoms with Crippen LogP contribution in [0.15, 0.2) is 47.2 Å². The molecule has 1 aromatic carbocycles. The van der Waals surface area contributed by atoms with Gasteiger partial charge in [0, 0.05) is 13.2 Å². The SMILES string of the molecule is CNC(CCc1ccsc1)C(OC)c1ccccc1. The van der Waals surface area contributed by atoms with Gasteiger partial charge in [-0.05, 0) is 47.8 Å². The van der Waals surface area contributed by atoms with Crippen LogP contribution in [0.5, 0.6) is 0 Å². The zero-order chi connectivity index (χ0) is 13.5. The summed E-state index contributed by atoms with van der Waals surface area (Å²) in [5, 5.41) is 7.75. The highest BCUT2D eigenvalue weighted by Gasteiger charge is 2.21. The molecule has 2 atom stereocenters. The van der Waals surface area contributed by atoms with Crippen LogP contribution in [0.3, 0.4) is 0 Å². The second kappa shape index (κ2) is 7.43. The van der Waals surface area contributed by atoms with Crippen LogP contribution in [0, 0.1) is 0 Å². The van der Waals surface area contributed by atoms with E-state index in [4.69, 9.17) is 4.74 Å². The highest BCUT2D eigenvalue weighted by atomic mass is 32.1. The van der Waals surface area contributed by atoms with Gasteiger partial charge in [0.1, 0.15) is 0 Å². The third-order valence-electron chi connectivity index (χ3n) is 3.44. The maximum atomic E-state index is 5.70.